The summed E-state index contributed by atoms with van der Waals surface area (Å²) in [5.74, 6) is -0.288. The summed E-state index contributed by atoms with van der Waals surface area (Å²) in [4.78, 5) is 19.0. The molecule has 3 heterocycles. The molecule has 150 valence electrons. The van der Waals surface area contributed by atoms with Gasteiger partial charge in [-0.25, -0.2) is 13.9 Å². The summed E-state index contributed by atoms with van der Waals surface area (Å²) in [6, 6.07) is 7.88. The third-order valence-electron chi connectivity index (χ3n) is 5.08. The molecule has 1 aliphatic rings. The fourth-order valence-electron chi connectivity index (χ4n) is 3.63. The van der Waals surface area contributed by atoms with Crippen molar-refractivity contribution in [1.82, 2.24) is 20.1 Å². The molecule has 1 N–H and O–H groups in total. The van der Waals surface area contributed by atoms with E-state index < -0.39 is 0 Å². The molecule has 0 fully saturated rings. The Hall–Kier alpha value is -2.74. The van der Waals surface area contributed by atoms with Crippen molar-refractivity contribution >= 4 is 27.6 Å². The molecule has 0 saturated carbocycles. The number of carbonyl (C=O) groups is 1. The second kappa shape index (κ2) is 8.32. The second-order valence-corrected chi connectivity index (χ2v) is 7.88. The van der Waals surface area contributed by atoms with Crippen LogP contribution in [0, 0.1) is 5.82 Å². The lowest BCUT2D eigenvalue weighted by atomic mass is 10.1. The minimum atomic E-state index is -0.288. The summed E-state index contributed by atoms with van der Waals surface area (Å²) in [5, 5.41) is 7.57. The van der Waals surface area contributed by atoms with E-state index in [-0.39, 0.29) is 17.9 Å². The van der Waals surface area contributed by atoms with Gasteiger partial charge in [-0.05, 0) is 71.1 Å². The lowest BCUT2D eigenvalue weighted by Gasteiger charge is -2.29. The van der Waals surface area contributed by atoms with Crippen LogP contribution >= 0.6 is 15.9 Å². The zero-order valence-electron chi connectivity index (χ0n) is 16.0. The maximum atomic E-state index is 13.3. The zero-order valence-corrected chi connectivity index (χ0v) is 17.6. The van der Waals surface area contributed by atoms with Crippen molar-refractivity contribution in [3.05, 3.63) is 70.5 Å². The highest BCUT2D eigenvalue weighted by Gasteiger charge is 2.28. The van der Waals surface area contributed by atoms with Crippen LogP contribution in [0.4, 0.5) is 14.9 Å². The molecule has 0 aliphatic carbocycles. The van der Waals surface area contributed by atoms with Crippen molar-refractivity contribution in [2.24, 2.45) is 0 Å². The highest BCUT2D eigenvalue weighted by atomic mass is 79.9. The molecule has 0 spiro atoms. The van der Waals surface area contributed by atoms with Crippen LogP contribution in [0.3, 0.4) is 0 Å². The number of pyridine rings is 1. The fraction of sp³-hybridized carbons (Fsp3) is 0.286. The van der Waals surface area contributed by atoms with Crippen LogP contribution in [-0.2, 0) is 6.42 Å². The van der Waals surface area contributed by atoms with E-state index in [4.69, 9.17) is 0 Å². The molecular formula is C21H21BrFN5O. The van der Waals surface area contributed by atoms with Crippen molar-refractivity contribution in [3.63, 3.8) is 0 Å². The van der Waals surface area contributed by atoms with Gasteiger partial charge in [0.15, 0.2) is 0 Å². The Balaban J connectivity index is 1.57. The molecule has 1 aliphatic heterocycles. The highest BCUT2D eigenvalue weighted by molar-refractivity contribution is 9.10. The number of fused-ring (bicyclic) bond motifs is 1. The van der Waals surface area contributed by atoms with Crippen LogP contribution in [-0.4, -0.2) is 27.3 Å². The van der Waals surface area contributed by atoms with E-state index in [0.29, 0.717) is 6.54 Å². The van der Waals surface area contributed by atoms with Crippen molar-refractivity contribution in [2.75, 3.05) is 11.4 Å². The summed E-state index contributed by atoms with van der Waals surface area (Å²) in [6.45, 7) is 2.65. The van der Waals surface area contributed by atoms with Gasteiger partial charge < -0.3 is 5.32 Å². The van der Waals surface area contributed by atoms with Gasteiger partial charge >= 0.3 is 6.03 Å². The van der Waals surface area contributed by atoms with Crippen LogP contribution in [0.5, 0.6) is 0 Å². The summed E-state index contributed by atoms with van der Waals surface area (Å²) < 4.78 is 15.9. The normalized spacial score (nSPS) is 14.4. The van der Waals surface area contributed by atoms with Gasteiger partial charge in [0.1, 0.15) is 5.82 Å². The van der Waals surface area contributed by atoms with Crippen molar-refractivity contribution < 1.29 is 9.18 Å². The number of amides is 2. The van der Waals surface area contributed by atoms with E-state index in [1.54, 1.807) is 40.3 Å². The highest BCUT2D eigenvalue weighted by Crippen LogP contribution is 2.30. The third-order valence-corrected chi connectivity index (χ3v) is 5.52. The number of nitrogens with zero attached hydrogens (tertiary/aromatic N) is 4. The average Bonchev–Trinajstić information content (AvgIpc) is 3.16. The van der Waals surface area contributed by atoms with E-state index in [0.717, 1.165) is 46.4 Å². The minimum absolute atomic E-state index is 0.134. The predicted molar refractivity (Wildman–Crippen MR) is 113 cm³/mol. The van der Waals surface area contributed by atoms with Crippen molar-refractivity contribution in [3.8, 4) is 5.69 Å². The van der Waals surface area contributed by atoms with E-state index in [9.17, 15) is 9.18 Å². The number of benzene rings is 1. The first kappa shape index (κ1) is 19.6. The maximum Gasteiger partial charge on any atom is 0.322 e. The van der Waals surface area contributed by atoms with Crippen LogP contribution < -0.4 is 10.2 Å². The monoisotopic (exact) mass is 457 g/mol. The number of anilines is 1. The number of aromatic nitrogens is 3. The summed E-state index contributed by atoms with van der Waals surface area (Å²) in [6.07, 6.45) is 7.59. The second-order valence-electron chi connectivity index (χ2n) is 6.97. The van der Waals surface area contributed by atoms with Crippen LogP contribution in [0.15, 0.2) is 53.4 Å². The van der Waals surface area contributed by atoms with Crippen LogP contribution in [0.25, 0.3) is 5.69 Å². The van der Waals surface area contributed by atoms with Gasteiger partial charge in [-0.1, -0.05) is 6.92 Å². The maximum absolute atomic E-state index is 13.3. The lowest BCUT2D eigenvalue weighted by molar-refractivity contribution is 0.241. The van der Waals surface area contributed by atoms with Gasteiger partial charge in [-0.2, -0.15) is 5.10 Å². The molecule has 2 aromatic heterocycles. The number of hydrogen-bond donors (Lipinski definition) is 1. The number of nitrogens with one attached hydrogen (secondary N) is 1. The molecule has 8 heteroatoms. The first-order valence-corrected chi connectivity index (χ1v) is 10.4. The molecule has 1 atom stereocenters. The average molecular weight is 458 g/mol. The zero-order chi connectivity index (χ0) is 20.4. The van der Waals surface area contributed by atoms with Gasteiger partial charge in [0, 0.05) is 23.4 Å². The summed E-state index contributed by atoms with van der Waals surface area (Å²) >= 11 is 3.43. The molecule has 0 bridgehead atoms. The molecular weight excluding hydrogens is 437 g/mol. The van der Waals surface area contributed by atoms with E-state index in [1.165, 1.54) is 12.1 Å². The molecule has 6 nitrogen and oxygen atoms in total. The number of rotatable bonds is 4. The molecule has 4 rings (SSSR count). The van der Waals surface area contributed by atoms with Gasteiger partial charge in [0.2, 0.25) is 0 Å². The van der Waals surface area contributed by atoms with Crippen LogP contribution in [0.2, 0.25) is 0 Å². The molecule has 3 aromatic rings. The Morgan fingerprint density at radius 2 is 2.07 bits per heavy atom. The van der Waals surface area contributed by atoms with Crippen molar-refractivity contribution in [1.29, 1.82) is 0 Å². The van der Waals surface area contributed by atoms with Crippen LogP contribution in [0.1, 0.15) is 37.1 Å². The Labute approximate surface area is 176 Å². The SMILES string of the molecule is CCC(NC(=O)N1CCCc2c1cnn2-c1ccc(F)cc1)c1cncc(Br)c1. The van der Waals surface area contributed by atoms with E-state index >= 15 is 0 Å². The molecule has 0 saturated heterocycles. The van der Waals surface area contributed by atoms with Crippen molar-refractivity contribution in [2.45, 2.75) is 32.2 Å². The van der Waals surface area contributed by atoms with E-state index in [1.807, 2.05) is 13.0 Å². The topological polar surface area (TPSA) is 63.1 Å². The molecule has 1 unspecified atom stereocenters. The predicted octanol–water partition coefficient (Wildman–Crippen LogP) is 4.78. The lowest BCUT2D eigenvalue weighted by Crippen LogP contribution is -2.44. The summed E-state index contributed by atoms with van der Waals surface area (Å²) in [7, 11) is 0. The fourth-order valence-corrected chi connectivity index (χ4v) is 4.01. The number of urea groups is 1. The Kier molecular flexibility index (Phi) is 5.62. The number of hydrogen-bond acceptors (Lipinski definition) is 3. The van der Waals surface area contributed by atoms with Gasteiger partial charge in [-0.15, -0.1) is 0 Å². The Bertz CT molecular complexity index is 1020. The smallest absolute Gasteiger partial charge is 0.322 e. The van der Waals surface area contributed by atoms with Gasteiger partial charge in [0.25, 0.3) is 0 Å². The molecule has 29 heavy (non-hydrogen) atoms. The molecule has 0 radical (unpaired) electrons. The number of carbonyl (C=O) groups excluding carboxylic acids is 1. The van der Waals surface area contributed by atoms with E-state index in [2.05, 4.69) is 31.3 Å². The first-order chi connectivity index (χ1) is 14.1. The third kappa shape index (κ3) is 4.03. The Morgan fingerprint density at radius 1 is 1.28 bits per heavy atom. The largest absolute Gasteiger partial charge is 0.331 e. The minimum Gasteiger partial charge on any atom is -0.331 e. The standard InChI is InChI=1S/C21H21BrFN5O/c1-2-18(14-10-15(22)12-24-11-14)26-21(29)27-9-3-4-19-20(27)13-25-28(19)17-7-5-16(23)6-8-17/h5-8,10-13,18H,2-4,9H2,1H3,(H,26,29). The van der Waals surface area contributed by atoms with Gasteiger partial charge in [0.05, 0.1) is 29.3 Å². The summed E-state index contributed by atoms with van der Waals surface area (Å²) in [5.41, 5.74) is 3.48. The molecule has 1 aromatic carbocycles. The molecule has 2 amide bonds. The van der Waals surface area contributed by atoms with Gasteiger partial charge in [-0.3, -0.25) is 9.88 Å². The number of halogens is 2. The first-order valence-electron chi connectivity index (χ1n) is 9.58. The quantitative estimate of drug-likeness (QED) is 0.612. The Morgan fingerprint density at radius 3 is 2.79 bits per heavy atom.